The van der Waals surface area contributed by atoms with Crippen LogP contribution in [0.3, 0.4) is 0 Å². The Kier molecular flexibility index (Phi) is 6.63. The van der Waals surface area contributed by atoms with Crippen molar-refractivity contribution in [1.82, 2.24) is 0 Å². The smallest absolute Gasteiger partial charge is 0.255 e. The first-order chi connectivity index (χ1) is 14.5. The van der Waals surface area contributed by atoms with Crippen molar-refractivity contribution < 1.29 is 22.7 Å². The second kappa shape index (κ2) is 8.89. The van der Waals surface area contributed by atoms with E-state index >= 15 is 0 Å². The molecule has 166 valence electrons. The molecule has 2 aromatic carbocycles. The summed E-state index contributed by atoms with van der Waals surface area (Å²) in [7, 11) is 0. The summed E-state index contributed by atoms with van der Waals surface area (Å²) in [6.45, 7) is 9.53. The zero-order valence-electron chi connectivity index (χ0n) is 18.2. The number of aryl methyl sites for hydroxylation is 1. The standard InChI is InChI=1S/C26H28F4O/c1-15(22-9-7-19(6-5-16(2)31)17(3)18(22)4)11-20-13-26(29,30)14-24(20)23-10-8-21(27)12-25(23)28/h7-10,12,15,31H,2,5-6,11,13-14H2,1,3-4H3. The van der Waals surface area contributed by atoms with Crippen molar-refractivity contribution in [1.29, 1.82) is 0 Å². The summed E-state index contributed by atoms with van der Waals surface area (Å²) in [5, 5.41) is 9.36. The van der Waals surface area contributed by atoms with Crippen LogP contribution in [0.15, 0.2) is 48.2 Å². The molecule has 1 nitrogen and oxygen atoms in total. The summed E-state index contributed by atoms with van der Waals surface area (Å²) in [6.07, 6.45) is 0.623. The van der Waals surface area contributed by atoms with E-state index in [9.17, 15) is 22.7 Å². The van der Waals surface area contributed by atoms with Gasteiger partial charge in [-0.2, -0.15) is 0 Å². The second-order valence-corrected chi connectivity index (χ2v) is 8.65. The number of aliphatic hydroxyl groups excluding tert-OH is 1. The Morgan fingerprint density at radius 1 is 1.10 bits per heavy atom. The van der Waals surface area contributed by atoms with Crippen molar-refractivity contribution in [3.05, 3.63) is 87.7 Å². The molecule has 0 saturated heterocycles. The van der Waals surface area contributed by atoms with E-state index in [-0.39, 0.29) is 17.2 Å². The molecule has 0 radical (unpaired) electrons. The monoisotopic (exact) mass is 432 g/mol. The van der Waals surface area contributed by atoms with Gasteiger partial charge in [0.15, 0.2) is 0 Å². The molecule has 0 aromatic heterocycles. The largest absolute Gasteiger partial charge is 0.513 e. The van der Waals surface area contributed by atoms with Gasteiger partial charge >= 0.3 is 0 Å². The molecule has 0 aliphatic heterocycles. The lowest BCUT2D eigenvalue weighted by atomic mass is 9.85. The fourth-order valence-electron chi connectivity index (χ4n) is 4.54. The van der Waals surface area contributed by atoms with Crippen LogP contribution in [0, 0.1) is 25.5 Å². The summed E-state index contributed by atoms with van der Waals surface area (Å²) in [5.41, 5.74) is 5.26. The van der Waals surface area contributed by atoms with Gasteiger partial charge in [0.1, 0.15) is 11.6 Å². The van der Waals surface area contributed by atoms with Crippen LogP contribution in [0.1, 0.15) is 66.3 Å². The number of alkyl halides is 2. The quantitative estimate of drug-likeness (QED) is 0.347. The van der Waals surface area contributed by atoms with Crippen molar-refractivity contribution >= 4 is 5.57 Å². The second-order valence-electron chi connectivity index (χ2n) is 8.65. The lowest BCUT2D eigenvalue weighted by Crippen LogP contribution is -2.10. The first-order valence-corrected chi connectivity index (χ1v) is 10.5. The van der Waals surface area contributed by atoms with Gasteiger partial charge in [0.25, 0.3) is 5.92 Å². The molecule has 0 bridgehead atoms. The maximum absolute atomic E-state index is 14.3. The zero-order valence-corrected chi connectivity index (χ0v) is 18.2. The van der Waals surface area contributed by atoms with Crippen LogP contribution in [0.4, 0.5) is 17.6 Å². The molecule has 1 atom stereocenters. The van der Waals surface area contributed by atoms with Gasteiger partial charge in [0.05, 0.1) is 5.76 Å². The molecule has 31 heavy (non-hydrogen) atoms. The van der Waals surface area contributed by atoms with Crippen molar-refractivity contribution in [3.63, 3.8) is 0 Å². The highest BCUT2D eigenvalue weighted by atomic mass is 19.3. The predicted molar refractivity (Wildman–Crippen MR) is 116 cm³/mol. The fourth-order valence-corrected chi connectivity index (χ4v) is 4.54. The van der Waals surface area contributed by atoms with E-state index in [1.54, 1.807) is 0 Å². The Hall–Kier alpha value is -2.56. The maximum Gasteiger partial charge on any atom is 0.255 e. The van der Waals surface area contributed by atoms with E-state index in [2.05, 4.69) is 6.58 Å². The van der Waals surface area contributed by atoms with E-state index in [1.165, 1.54) is 6.07 Å². The molecule has 3 rings (SSSR count). The van der Waals surface area contributed by atoms with Crippen molar-refractivity contribution in [2.24, 2.45) is 0 Å². The number of allylic oxidation sites excluding steroid dienone is 3. The number of halogens is 4. The maximum atomic E-state index is 14.3. The van der Waals surface area contributed by atoms with E-state index in [0.29, 0.717) is 30.4 Å². The van der Waals surface area contributed by atoms with E-state index in [4.69, 9.17) is 0 Å². The van der Waals surface area contributed by atoms with E-state index in [0.717, 1.165) is 34.4 Å². The molecule has 1 aliphatic rings. The van der Waals surface area contributed by atoms with Gasteiger partial charge in [-0.3, -0.25) is 0 Å². The average Bonchev–Trinajstić information content (AvgIpc) is 2.96. The highest BCUT2D eigenvalue weighted by molar-refractivity contribution is 5.72. The normalized spacial score (nSPS) is 16.6. The summed E-state index contributed by atoms with van der Waals surface area (Å²) < 4.78 is 56.2. The molecular weight excluding hydrogens is 404 g/mol. The summed E-state index contributed by atoms with van der Waals surface area (Å²) in [5.74, 6) is -4.35. The first-order valence-electron chi connectivity index (χ1n) is 10.5. The Bertz CT molecular complexity index is 1040. The van der Waals surface area contributed by atoms with Crippen molar-refractivity contribution in [2.45, 2.75) is 64.7 Å². The summed E-state index contributed by atoms with van der Waals surface area (Å²) >= 11 is 0. The lowest BCUT2D eigenvalue weighted by molar-refractivity contribution is 0.0148. The molecule has 5 heteroatoms. The highest BCUT2D eigenvalue weighted by Gasteiger charge is 2.40. The van der Waals surface area contributed by atoms with Crippen LogP contribution in [-0.4, -0.2) is 11.0 Å². The van der Waals surface area contributed by atoms with Crippen LogP contribution in [0.25, 0.3) is 5.57 Å². The number of rotatable bonds is 7. The van der Waals surface area contributed by atoms with Crippen LogP contribution in [-0.2, 0) is 6.42 Å². The van der Waals surface area contributed by atoms with Crippen molar-refractivity contribution in [2.75, 3.05) is 0 Å². The SMILES string of the molecule is C=C(O)CCc1ccc(C(C)CC2=C(c3ccc(F)cc3F)CC(F)(F)C2)c(C)c1C. The van der Waals surface area contributed by atoms with Crippen LogP contribution in [0.2, 0.25) is 0 Å². The minimum atomic E-state index is -2.92. The van der Waals surface area contributed by atoms with E-state index < -0.39 is 30.4 Å². The van der Waals surface area contributed by atoms with Gasteiger partial charge < -0.3 is 5.11 Å². The number of aliphatic hydroxyl groups is 1. The minimum absolute atomic E-state index is 0.0389. The third kappa shape index (κ3) is 5.20. The van der Waals surface area contributed by atoms with Crippen LogP contribution < -0.4 is 0 Å². The molecule has 0 spiro atoms. The van der Waals surface area contributed by atoms with Gasteiger partial charge in [-0.1, -0.05) is 31.2 Å². The molecule has 1 N–H and O–H groups in total. The zero-order chi connectivity index (χ0) is 22.9. The lowest BCUT2D eigenvalue weighted by Gasteiger charge is -2.20. The third-order valence-corrected chi connectivity index (χ3v) is 6.30. The molecule has 0 heterocycles. The average molecular weight is 433 g/mol. The Morgan fingerprint density at radius 3 is 2.45 bits per heavy atom. The summed E-state index contributed by atoms with van der Waals surface area (Å²) in [6, 6.07) is 7.12. The van der Waals surface area contributed by atoms with Crippen molar-refractivity contribution in [3.8, 4) is 0 Å². The Morgan fingerprint density at radius 2 is 1.81 bits per heavy atom. The van der Waals surface area contributed by atoms with Gasteiger partial charge in [-0.15, -0.1) is 0 Å². The first kappa shape index (κ1) is 23.1. The van der Waals surface area contributed by atoms with Gasteiger partial charge in [0.2, 0.25) is 0 Å². The molecule has 0 amide bonds. The number of benzene rings is 2. The Balaban J connectivity index is 1.90. The predicted octanol–water partition coefficient (Wildman–Crippen LogP) is 7.96. The summed E-state index contributed by atoms with van der Waals surface area (Å²) in [4.78, 5) is 0. The van der Waals surface area contributed by atoms with Gasteiger partial charge in [-0.05, 0) is 72.6 Å². The molecule has 2 aromatic rings. The number of hydrogen-bond donors (Lipinski definition) is 1. The molecule has 0 fully saturated rings. The van der Waals surface area contributed by atoms with Crippen LogP contribution in [0.5, 0.6) is 0 Å². The molecule has 1 aliphatic carbocycles. The highest BCUT2D eigenvalue weighted by Crippen LogP contribution is 2.47. The third-order valence-electron chi connectivity index (χ3n) is 6.30. The molecule has 0 saturated carbocycles. The molecule has 1 unspecified atom stereocenters. The van der Waals surface area contributed by atoms with Gasteiger partial charge in [-0.25, -0.2) is 17.6 Å². The van der Waals surface area contributed by atoms with Crippen LogP contribution >= 0.6 is 0 Å². The van der Waals surface area contributed by atoms with E-state index in [1.807, 2.05) is 32.9 Å². The minimum Gasteiger partial charge on any atom is -0.513 e. The topological polar surface area (TPSA) is 20.2 Å². The fraction of sp³-hybridized carbons (Fsp3) is 0.385. The number of hydrogen-bond acceptors (Lipinski definition) is 1. The molecular formula is C26H28F4O. The Labute approximate surface area is 181 Å². The van der Waals surface area contributed by atoms with Gasteiger partial charge in [0, 0.05) is 30.9 Å².